The van der Waals surface area contributed by atoms with Crippen LogP contribution < -0.4 is 0 Å². The molecule has 0 N–H and O–H groups in total. The molecule has 0 aliphatic heterocycles. The first-order chi connectivity index (χ1) is 6.77. The Morgan fingerprint density at radius 1 is 1.43 bits per heavy atom. The van der Waals surface area contributed by atoms with Gasteiger partial charge in [0.25, 0.3) is 0 Å². The number of benzene rings is 1. The summed E-state index contributed by atoms with van der Waals surface area (Å²) in [7, 11) is 0. The van der Waals surface area contributed by atoms with Gasteiger partial charge in [0.15, 0.2) is 0 Å². The summed E-state index contributed by atoms with van der Waals surface area (Å²) < 4.78 is 2.55. The normalized spacial score (nSPS) is 11.1. The largest absolute Gasteiger partial charge is 0.142 e. The Balaban J connectivity index is 2.82. The summed E-state index contributed by atoms with van der Waals surface area (Å²) in [4.78, 5) is 1.36. The molecular formula is C10H8Br2S2. The second-order valence-electron chi connectivity index (χ2n) is 2.85. The first kappa shape index (κ1) is 11.0. The van der Waals surface area contributed by atoms with Crippen LogP contribution in [-0.2, 0) is 5.33 Å². The molecule has 2 aromatic rings. The zero-order chi connectivity index (χ0) is 10.1. The van der Waals surface area contributed by atoms with Crippen molar-refractivity contribution < 1.29 is 0 Å². The fourth-order valence-corrected chi connectivity index (χ4v) is 4.39. The molecule has 1 aromatic carbocycles. The van der Waals surface area contributed by atoms with E-state index in [1.54, 1.807) is 23.1 Å². The van der Waals surface area contributed by atoms with E-state index >= 15 is 0 Å². The van der Waals surface area contributed by atoms with E-state index in [2.05, 4.69) is 55.6 Å². The highest BCUT2D eigenvalue weighted by Crippen LogP contribution is 2.38. The summed E-state index contributed by atoms with van der Waals surface area (Å²) in [5.41, 5.74) is 1.38. The SMILES string of the molecule is CSc1ccc(Br)c2scc(CBr)c12. The Hall–Kier alpha value is 0.490. The van der Waals surface area contributed by atoms with Gasteiger partial charge < -0.3 is 0 Å². The molecule has 0 nitrogen and oxygen atoms in total. The Labute approximate surface area is 108 Å². The van der Waals surface area contributed by atoms with E-state index in [1.165, 1.54) is 25.0 Å². The van der Waals surface area contributed by atoms with Crippen LogP contribution in [0.2, 0.25) is 0 Å². The van der Waals surface area contributed by atoms with Gasteiger partial charge in [0.2, 0.25) is 0 Å². The molecule has 0 radical (unpaired) electrons. The Bertz CT molecular complexity index is 462. The zero-order valence-corrected chi connectivity index (χ0v) is 12.3. The molecule has 2 rings (SSSR count). The summed E-state index contributed by atoms with van der Waals surface area (Å²) in [6.45, 7) is 0. The number of fused-ring (bicyclic) bond motifs is 1. The van der Waals surface area contributed by atoms with Gasteiger partial charge in [-0.15, -0.1) is 23.1 Å². The molecule has 0 saturated heterocycles. The van der Waals surface area contributed by atoms with Crippen molar-refractivity contribution in [1.82, 2.24) is 0 Å². The molecule has 0 aliphatic rings. The number of halogens is 2. The fourth-order valence-electron chi connectivity index (χ4n) is 1.42. The first-order valence-electron chi connectivity index (χ1n) is 4.06. The predicted octanol–water partition coefficient (Wildman–Crippen LogP) is 5.28. The van der Waals surface area contributed by atoms with Gasteiger partial charge in [-0.05, 0) is 45.3 Å². The topological polar surface area (TPSA) is 0 Å². The minimum atomic E-state index is 0.928. The van der Waals surface area contributed by atoms with Crippen LogP contribution in [0.5, 0.6) is 0 Å². The van der Waals surface area contributed by atoms with Gasteiger partial charge in [0, 0.05) is 24.8 Å². The molecule has 0 fully saturated rings. The molecule has 0 saturated carbocycles. The van der Waals surface area contributed by atoms with Crippen LogP contribution in [0.25, 0.3) is 10.1 Å². The molecule has 1 heterocycles. The van der Waals surface area contributed by atoms with E-state index in [0.717, 1.165) is 5.33 Å². The van der Waals surface area contributed by atoms with Crippen LogP contribution in [0, 0.1) is 0 Å². The van der Waals surface area contributed by atoms with E-state index < -0.39 is 0 Å². The highest BCUT2D eigenvalue weighted by atomic mass is 79.9. The average Bonchev–Trinajstić information content (AvgIpc) is 2.63. The second kappa shape index (κ2) is 4.56. The van der Waals surface area contributed by atoms with E-state index in [4.69, 9.17) is 0 Å². The van der Waals surface area contributed by atoms with Gasteiger partial charge in [0.1, 0.15) is 0 Å². The molecule has 1 aromatic heterocycles. The van der Waals surface area contributed by atoms with Gasteiger partial charge in [-0.3, -0.25) is 0 Å². The van der Waals surface area contributed by atoms with E-state index in [-0.39, 0.29) is 0 Å². The maximum atomic E-state index is 3.59. The van der Waals surface area contributed by atoms with Crippen molar-refractivity contribution in [2.45, 2.75) is 10.2 Å². The van der Waals surface area contributed by atoms with Crippen LogP contribution in [0.4, 0.5) is 0 Å². The lowest BCUT2D eigenvalue weighted by molar-refractivity contribution is 1.47. The van der Waals surface area contributed by atoms with Crippen LogP contribution in [0.15, 0.2) is 26.9 Å². The molecule has 0 aliphatic carbocycles. The van der Waals surface area contributed by atoms with Crippen LogP contribution in [0.1, 0.15) is 5.56 Å². The summed E-state index contributed by atoms with van der Waals surface area (Å²) in [5.74, 6) is 0. The van der Waals surface area contributed by atoms with Crippen molar-refractivity contribution in [3.63, 3.8) is 0 Å². The Morgan fingerprint density at radius 2 is 2.21 bits per heavy atom. The molecule has 0 amide bonds. The van der Waals surface area contributed by atoms with Crippen molar-refractivity contribution in [2.24, 2.45) is 0 Å². The van der Waals surface area contributed by atoms with Crippen molar-refractivity contribution in [3.05, 3.63) is 27.5 Å². The third-order valence-corrected chi connectivity index (χ3v) is 5.44. The van der Waals surface area contributed by atoms with Gasteiger partial charge in [-0.25, -0.2) is 0 Å². The van der Waals surface area contributed by atoms with Crippen LogP contribution in [0.3, 0.4) is 0 Å². The Morgan fingerprint density at radius 3 is 2.86 bits per heavy atom. The van der Waals surface area contributed by atoms with E-state index in [9.17, 15) is 0 Å². The van der Waals surface area contributed by atoms with E-state index in [1.807, 2.05) is 0 Å². The molecule has 0 bridgehead atoms. The third kappa shape index (κ3) is 1.77. The van der Waals surface area contributed by atoms with Gasteiger partial charge in [-0.1, -0.05) is 15.9 Å². The van der Waals surface area contributed by atoms with Crippen molar-refractivity contribution in [3.8, 4) is 0 Å². The molecule has 0 spiro atoms. The first-order valence-corrected chi connectivity index (χ1v) is 8.08. The molecule has 0 unspecified atom stereocenters. The van der Waals surface area contributed by atoms with Crippen LogP contribution >= 0.6 is 55.0 Å². The number of rotatable bonds is 2. The van der Waals surface area contributed by atoms with Gasteiger partial charge >= 0.3 is 0 Å². The third-order valence-electron chi connectivity index (χ3n) is 2.08. The fraction of sp³-hybridized carbons (Fsp3) is 0.200. The molecule has 4 heteroatoms. The quantitative estimate of drug-likeness (QED) is 0.523. The lowest BCUT2D eigenvalue weighted by Crippen LogP contribution is -1.78. The summed E-state index contributed by atoms with van der Waals surface area (Å²) in [6.07, 6.45) is 2.12. The Kier molecular flexibility index (Phi) is 3.58. The average molecular weight is 352 g/mol. The predicted molar refractivity (Wildman–Crippen MR) is 73.9 cm³/mol. The number of alkyl halides is 1. The van der Waals surface area contributed by atoms with Crippen LogP contribution in [-0.4, -0.2) is 6.26 Å². The number of thiophene rings is 1. The van der Waals surface area contributed by atoms with Gasteiger partial charge in [-0.2, -0.15) is 0 Å². The minimum Gasteiger partial charge on any atom is -0.142 e. The highest BCUT2D eigenvalue weighted by molar-refractivity contribution is 9.10. The molecule has 14 heavy (non-hydrogen) atoms. The summed E-state index contributed by atoms with van der Waals surface area (Å²) in [5, 5.41) is 4.55. The van der Waals surface area contributed by atoms with E-state index in [0.29, 0.717) is 0 Å². The number of hydrogen-bond acceptors (Lipinski definition) is 2. The smallest absolute Gasteiger partial charge is 0.0499 e. The lowest BCUT2D eigenvalue weighted by atomic mass is 10.2. The summed E-state index contributed by atoms with van der Waals surface area (Å²) >= 11 is 10.7. The molecular weight excluding hydrogens is 344 g/mol. The second-order valence-corrected chi connectivity index (χ2v) is 5.99. The van der Waals surface area contributed by atoms with Gasteiger partial charge in [0.05, 0.1) is 0 Å². The minimum absolute atomic E-state index is 0.928. The highest BCUT2D eigenvalue weighted by Gasteiger charge is 2.09. The van der Waals surface area contributed by atoms with Crippen molar-refractivity contribution >= 4 is 65.0 Å². The maximum Gasteiger partial charge on any atom is 0.0499 e. The maximum absolute atomic E-state index is 3.59. The zero-order valence-electron chi connectivity index (χ0n) is 7.51. The standard InChI is InChI=1S/C10H8Br2S2/c1-13-8-3-2-7(12)10-9(8)6(4-11)5-14-10/h2-3,5H,4H2,1H3. The number of thioether (sulfide) groups is 1. The van der Waals surface area contributed by atoms with Crippen molar-refractivity contribution in [1.29, 1.82) is 0 Å². The molecule has 74 valence electrons. The van der Waals surface area contributed by atoms with Crippen molar-refractivity contribution in [2.75, 3.05) is 6.26 Å². The number of hydrogen-bond donors (Lipinski definition) is 0. The summed E-state index contributed by atoms with van der Waals surface area (Å²) in [6, 6.07) is 4.30. The lowest BCUT2D eigenvalue weighted by Gasteiger charge is -2.02. The molecule has 0 atom stereocenters. The monoisotopic (exact) mass is 350 g/mol.